The molecule has 0 saturated heterocycles. The van der Waals surface area contributed by atoms with Gasteiger partial charge in [0.05, 0.1) is 35.3 Å². The van der Waals surface area contributed by atoms with Crippen molar-refractivity contribution in [2.45, 2.75) is 19.1 Å². The zero-order valence-corrected chi connectivity index (χ0v) is 14.5. The molecular weight excluding hydrogens is 373 g/mol. The fourth-order valence-corrected chi connectivity index (χ4v) is 3.23. The van der Waals surface area contributed by atoms with Crippen LogP contribution in [0.25, 0.3) is 11.3 Å². The first-order chi connectivity index (χ1) is 13.3. The number of anilines is 1. The molecule has 10 heteroatoms. The number of hydrogen-bond acceptors (Lipinski definition) is 4. The van der Waals surface area contributed by atoms with Crippen LogP contribution in [0.15, 0.2) is 36.7 Å². The topological polar surface area (TPSA) is 90.6 Å². The number of alkyl halides is 3. The molecule has 1 amide bonds. The average molecular weight is 386 g/mol. The average Bonchev–Trinajstić information content (AvgIpc) is 3.31. The quantitative estimate of drug-likeness (QED) is 0.731. The number of nitriles is 1. The number of nitrogens with one attached hydrogen (secondary N) is 1. The van der Waals surface area contributed by atoms with Gasteiger partial charge in [0, 0.05) is 12.2 Å². The van der Waals surface area contributed by atoms with E-state index in [0.29, 0.717) is 16.9 Å². The predicted octanol–water partition coefficient (Wildman–Crippen LogP) is 3.39. The summed E-state index contributed by atoms with van der Waals surface area (Å²) in [6.45, 7) is 2.13. The predicted molar refractivity (Wildman–Crippen MR) is 92.4 cm³/mol. The van der Waals surface area contributed by atoms with Gasteiger partial charge in [-0.1, -0.05) is 0 Å². The van der Waals surface area contributed by atoms with Crippen molar-refractivity contribution in [3.63, 3.8) is 0 Å². The molecule has 0 aliphatic carbocycles. The molecule has 0 bridgehead atoms. The van der Waals surface area contributed by atoms with Gasteiger partial charge in [0.15, 0.2) is 0 Å². The van der Waals surface area contributed by atoms with E-state index in [1.165, 1.54) is 29.4 Å². The van der Waals surface area contributed by atoms with E-state index >= 15 is 0 Å². The molecule has 0 saturated carbocycles. The van der Waals surface area contributed by atoms with Crippen molar-refractivity contribution in [1.29, 1.82) is 5.26 Å². The lowest BCUT2D eigenvalue weighted by Gasteiger charge is -2.32. The fraction of sp³-hybridized carbons (Fsp3) is 0.222. The van der Waals surface area contributed by atoms with Gasteiger partial charge in [0.2, 0.25) is 5.82 Å². The Morgan fingerprint density at radius 2 is 1.96 bits per heavy atom. The van der Waals surface area contributed by atoms with Gasteiger partial charge in [0.25, 0.3) is 5.91 Å². The zero-order chi connectivity index (χ0) is 20.1. The van der Waals surface area contributed by atoms with Gasteiger partial charge >= 0.3 is 6.18 Å². The summed E-state index contributed by atoms with van der Waals surface area (Å²) in [6, 6.07) is 6.15. The molecule has 4 rings (SSSR count). The normalized spacial score (nSPS) is 16.8. The lowest BCUT2D eigenvalue weighted by molar-refractivity contribution is -0.137. The number of amides is 1. The summed E-state index contributed by atoms with van der Waals surface area (Å²) >= 11 is 0. The molecule has 0 spiro atoms. The van der Waals surface area contributed by atoms with E-state index in [0.717, 1.165) is 12.1 Å². The van der Waals surface area contributed by atoms with Crippen LogP contribution in [0.4, 0.5) is 18.9 Å². The molecule has 1 aliphatic heterocycles. The number of hydrogen-bond donors (Lipinski definition) is 1. The minimum Gasteiger partial charge on any atom is -0.329 e. The van der Waals surface area contributed by atoms with Crippen molar-refractivity contribution in [3.8, 4) is 17.3 Å². The molecule has 1 atom stereocenters. The Morgan fingerprint density at radius 3 is 2.57 bits per heavy atom. The molecule has 142 valence electrons. The largest absolute Gasteiger partial charge is 0.416 e. The lowest BCUT2D eigenvalue weighted by atomic mass is 10.1. The third-order valence-corrected chi connectivity index (χ3v) is 4.59. The number of carbonyl (C=O) groups excluding carboxylic acids is 1. The highest BCUT2D eigenvalue weighted by Gasteiger charge is 2.35. The molecule has 2 aromatic heterocycles. The number of carbonyl (C=O) groups is 1. The Bertz CT molecular complexity index is 1090. The first kappa shape index (κ1) is 17.8. The van der Waals surface area contributed by atoms with Gasteiger partial charge in [-0.05, 0) is 31.2 Å². The maximum Gasteiger partial charge on any atom is 0.416 e. The van der Waals surface area contributed by atoms with Gasteiger partial charge < -0.3 is 9.88 Å². The Balaban J connectivity index is 1.73. The molecule has 1 aromatic carbocycles. The standard InChI is InChI=1S/C18H13F3N6O/c1-10-9-26(12-4-2-11(3-5-12)18(19,20)21)17(28)16-13(7-24-27(10)16)14-8-23-15(6-22)25-14/h2-5,7-8,10H,9H2,1H3,(H,23,25). The molecular formula is C18H13F3N6O. The van der Waals surface area contributed by atoms with Crippen LogP contribution >= 0.6 is 0 Å². The maximum atomic E-state index is 13.1. The summed E-state index contributed by atoms with van der Waals surface area (Å²) in [5.74, 6) is -0.288. The van der Waals surface area contributed by atoms with E-state index in [-0.39, 0.29) is 24.1 Å². The molecule has 28 heavy (non-hydrogen) atoms. The summed E-state index contributed by atoms with van der Waals surface area (Å²) < 4.78 is 40.0. The minimum atomic E-state index is -4.44. The number of H-pyrrole nitrogens is 1. The molecule has 0 fully saturated rings. The Labute approximate surface area is 157 Å². The van der Waals surface area contributed by atoms with E-state index < -0.39 is 17.6 Å². The number of aromatic nitrogens is 4. The highest BCUT2D eigenvalue weighted by molar-refractivity contribution is 6.09. The monoisotopic (exact) mass is 386 g/mol. The SMILES string of the molecule is CC1CN(c2ccc(C(F)(F)F)cc2)C(=O)c2c(-c3cnc(C#N)[nH]3)cnn21. The van der Waals surface area contributed by atoms with Crippen molar-refractivity contribution in [2.75, 3.05) is 11.4 Å². The molecule has 0 radical (unpaired) electrons. The molecule has 3 aromatic rings. The van der Waals surface area contributed by atoms with Crippen LogP contribution < -0.4 is 4.90 Å². The Kier molecular flexibility index (Phi) is 3.96. The van der Waals surface area contributed by atoms with Gasteiger partial charge in [0.1, 0.15) is 11.8 Å². The number of benzene rings is 1. The van der Waals surface area contributed by atoms with Crippen molar-refractivity contribution in [2.24, 2.45) is 0 Å². The third-order valence-electron chi connectivity index (χ3n) is 4.59. The van der Waals surface area contributed by atoms with Crippen LogP contribution in [0.5, 0.6) is 0 Å². The van der Waals surface area contributed by atoms with Crippen molar-refractivity contribution < 1.29 is 18.0 Å². The summed E-state index contributed by atoms with van der Waals surface area (Å²) in [4.78, 5) is 21.3. The molecule has 7 nitrogen and oxygen atoms in total. The van der Waals surface area contributed by atoms with E-state index in [1.807, 2.05) is 13.0 Å². The van der Waals surface area contributed by atoms with Crippen LogP contribution in [0.3, 0.4) is 0 Å². The second-order valence-electron chi connectivity index (χ2n) is 6.42. The lowest BCUT2D eigenvalue weighted by Crippen LogP contribution is -2.42. The van der Waals surface area contributed by atoms with Crippen LogP contribution in [0.1, 0.15) is 34.8 Å². The van der Waals surface area contributed by atoms with Crippen molar-refractivity contribution in [3.05, 3.63) is 53.7 Å². The van der Waals surface area contributed by atoms with E-state index in [9.17, 15) is 18.0 Å². The molecule has 1 N–H and O–H groups in total. The number of imidazole rings is 1. The number of fused-ring (bicyclic) bond motifs is 1. The summed E-state index contributed by atoms with van der Waals surface area (Å²) in [5, 5.41) is 13.2. The first-order valence-corrected chi connectivity index (χ1v) is 8.31. The van der Waals surface area contributed by atoms with E-state index in [2.05, 4.69) is 15.1 Å². The van der Waals surface area contributed by atoms with E-state index in [4.69, 9.17) is 5.26 Å². The van der Waals surface area contributed by atoms with Crippen LogP contribution in [0.2, 0.25) is 0 Å². The highest BCUT2D eigenvalue weighted by Crippen LogP contribution is 2.34. The van der Waals surface area contributed by atoms with Crippen LogP contribution in [-0.4, -0.2) is 32.2 Å². The maximum absolute atomic E-state index is 13.1. The highest BCUT2D eigenvalue weighted by atomic mass is 19.4. The van der Waals surface area contributed by atoms with Gasteiger partial charge in [-0.15, -0.1) is 0 Å². The fourth-order valence-electron chi connectivity index (χ4n) is 3.23. The molecule has 1 aliphatic rings. The number of halogens is 3. The summed E-state index contributed by atoms with van der Waals surface area (Å²) in [5.41, 5.74) is 0.813. The number of nitrogens with zero attached hydrogens (tertiary/aromatic N) is 5. The Hall–Kier alpha value is -3.61. The molecule has 3 heterocycles. The number of rotatable bonds is 2. The Morgan fingerprint density at radius 1 is 1.25 bits per heavy atom. The van der Waals surface area contributed by atoms with Crippen LogP contribution in [-0.2, 0) is 6.18 Å². The van der Waals surface area contributed by atoms with Gasteiger partial charge in [-0.3, -0.25) is 9.48 Å². The summed E-state index contributed by atoms with van der Waals surface area (Å²) in [7, 11) is 0. The first-order valence-electron chi connectivity index (χ1n) is 8.31. The smallest absolute Gasteiger partial charge is 0.329 e. The van der Waals surface area contributed by atoms with Gasteiger partial charge in [-0.2, -0.15) is 23.5 Å². The van der Waals surface area contributed by atoms with E-state index in [1.54, 1.807) is 4.68 Å². The zero-order valence-electron chi connectivity index (χ0n) is 14.5. The summed E-state index contributed by atoms with van der Waals surface area (Å²) in [6.07, 6.45) is -1.50. The van der Waals surface area contributed by atoms with Crippen molar-refractivity contribution in [1.82, 2.24) is 19.7 Å². The van der Waals surface area contributed by atoms with Crippen LogP contribution in [0, 0.1) is 11.3 Å². The second-order valence-corrected chi connectivity index (χ2v) is 6.42. The van der Waals surface area contributed by atoms with Gasteiger partial charge in [-0.25, -0.2) is 4.98 Å². The molecule has 1 unspecified atom stereocenters. The number of aromatic amines is 1. The minimum absolute atomic E-state index is 0.103. The third kappa shape index (κ3) is 2.81. The van der Waals surface area contributed by atoms with Crippen molar-refractivity contribution >= 4 is 11.6 Å². The second kappa shape index (κ2) is 6.23.